The van der Waals surface area contributed by atoms with Crippen LogP contribution in [0.25, 0.3) is 6.08 Å². The summed E-state index contributed by atoms with van der Waals surface area (Å²) in [6.07, 6.45) is 4.40. The number of halogens is 2. The molecule has 2 rings (SSSR count). The summed E-state index contributed by atoms with van der Waals surface area (Å²) >= 11 is 9.60. The summed E-state index contributed by atoms with van der Waals surface area (Å²) in [7, 11) is 1.51. The third-order valence-corrected chi connectivity index (χ3v) is 6.03. The molecule has 2 aromatic carbocycles. The van der Waals surface area contributed by atoms with Crippen LogP contribution in [0.2, 0.25) is 5.02 Å². The van der Waals surface area contributed by atoms with Crippen molar-refractivity contribution >= 4 is 45.5 Å². The van der Waals surface area contributed by atoms with Gasteiger partial charge in [-0.15, -0.1) is 0 Å². The zero-order chi connectivity index (χ0) is 25.3. The highest BCUT2D eigenvalue weighted by Gasteiger charge is 2.16. The van der Waals surface area contributed by atoms with Gasteiger partial charge in [0.1, 0.15) is 11.4 Å². The zero-order valence-electron chi connectivity index (χ0n) is 19.7. The Morgan fingerprint density at radius 1 is 1.12 bits per heavy atom. The number of carbonyl (C=O) groups excluding carboxylic acids is 1. The Labute approximate surface area is 213 Å². The first-order valence-corrected chi connectivity index (χ1v) is 12.0. The number of rotatable bonds is 12. The first-order chi connectivity index (χ1) is 16.2. The van der Waals surface area contributed by atoms with Crippen LogP contribution in [-0.4, -0.2) is 37.3 Å². The number of carboxylic acid groups (broad SMARTS) is 1. The lowest BCUT2D eigenvalue weighted by atomic mass is 10.1. The van der Waals surface area contributed by atoms with Crippen molar-refractivity contribution in [2.45, 2.75) is 40.0 Å². The Bertz CT molecular complexity index is 1050. The number of ether oxygens (including phenoxy) is 3. The zero-order valence-corrected chi connectivity index (χ0v) is 22.0. The van der Waals surface area contributed by atoms with Gasteiger partial charge in [0.25, 0.3) is 5.91 Å². The molecule has 0 aliphatic rings. The summed E-state index contributed by atoms with van der Waals surface area (Å²) in [6.45, 7) is 5.97. The molecule has 0 unspecified atom stereocenters. The molecule has 0 atom stereocenters. The SMILES string of the molecule is CCCCCOc1c(Br)cc(/C=C(/NC(=O)COc2cc(C)c(Cl)c(C)c2)C(=O)O)cc1OC. The van der Waals surface area contributed by atoms with E-state index >= 15 is 0 Å². The van der Waals surface area contributed by atoms with Crippen LogP contribution in [0.5, 0.6) is 17.2 Å². The molecule has 0 aromatic heterocycles. The van der Waals surface area contributed by atoms with Crippen molar-refractivity contribution in [3.63, 3.8) is 0 Å². The molecule has 0 aliphatic heterocycles. The van der Waals surface area contributed by atoms with Crippen LogP contribution in [0.4, 0.5) is 0 Å². The van der Waals surface area contributed by atoms with E-state index in [-0.39, 0.29) is 12.3 Å². The van der Waals surface area contributed by atoms with Gasteiger partial charge in [-0.1, -0.05) is 31.4 Å². The van der Waals surface area contributed by atoms with Crippen molar-refractivity contribution < 1.29 is 28.9 Å². The van der Waals surface area contributed by atoms with Crippen LogP contribution >= 0.6 is 27.5 Å². The fourth-order valence-electron chi connectivity index (χ4n) is 3.13. The van der Waals surface area contributed by atoms with Crippen molar-refractivity contribution in [3.05, 3.63) is 56.1 Å². The summed E-state index contributed by atoms with van der Waals surface area (Å²) in [5, 5.41) is 12.6. The number of aliphatic carboxylic acids is 1. The Morgan fingerprint density at radius 2 is 1.79 bits per heavy atom. The van der Waals surface area contributed by atoms with Crippen molar-refractivity contribution in [2.24, 2.45) is 0 Å². The van der Waals surface area contributed by atoms with Crippen molar-refractivity contribution in [2.75, 3.05) is 20.3 Å². The molecule has 0 saturated carbocycles. The summed E-state index contributed by atoms with van der Waals surface area (Å²) in [5.74, 6) is -0.440. The van der Waals surface area contributed by atoms with Crippen LogP contribution in [0.15, 0.2) is 34.4 Å². The molecule has 34 heavy (non-hydrogen) atoms. The van der Waals surface area contributed by atoms with Gasteiger partial charge in [-0.2, -0.15) is 0 Å². The monoisotopic (exact) mass is 553 g/mol. The normalized spacial score (nSPS) is 11.2. The number of carboxylic acids is 1. The van der Waals surface area contributed by atoms with Gasteiger partial charge in [0.05, 0.1) is 18.2 Å². The Hall–Kier alpha value is -2.71. The van der Waals surface area contributed by atoms with Gasteiger partial charge in [0, 0.05) is 5.02 Å². The molecule has 0 bridgehead atoms. The Balaban J connectivity index is 2.13. The minimum absolute atomic E-state index is 0.303. The maximum absolute atomic E-state index is 12.4. The van der Waals surface area contributed by atoms with Crippen molar-refractivity contribution in [3.8, 4) is 17.2 Å². The number of unbranched alkanes of at least 4 members (excludes halogenated alkanes) is 2. The van der Waals surface area contributed by atoms with E-state index in [1.807, 2.05) is 13.8 Å². The number of nitrogens with one attached hydrogen (secondary N) is 1. The van der Waals surface area contributed by atoms with Gasteiger partial charge in [-0.3, -0.25) is 4.79 Å². The molecule has 9 heteroatoms. The highest BCUT2D eigenvalue weighted by atomic mass is 79.9. The van der Waals surface area contributed by atoms with Crippen LogP contribution < -0.4 is 19.5 Å². The third kappa shape index (κ3) is 7.95. The Kier molecular flexibility index (Phi) is 10.7. The van der Waals surface area contributed by atoms with Gasteiger partial charge >= 0.3 is 5.97 Å². The van der Waals surface area contributed by atoms with E-state index in [0.29, 0.717) is 38.9 Å². The molecule has 2 aromatic rings. The van der Waals surface area contributed by atoms with Gasteiger partial charge < -0.3 is 24.6 Å². The molecule has 0 spiro atoms. The van der Waals surface area contributed by atoms with E-state index in [1.165, 1.54) is 13.2 Å². The van der Waals surface area contributed by atoms with E-state index in [2.05, 4.69) is 28.2 Å². The van der Waals surface area contributed by atoms with Crippen molar-refractivity contribution in [1.82, 2.24) is 5.32 Å². The minimum atomic E-state index is -1.29. The lowest BCUT2D eigenvalue weighted by Crippen LogP contribution is -2.31. The first-order valence-electron chi connectivity index (χ1n) is 10.8. The molecule has 0 saturated heterocycles. The maximum Gasteiger partial charge on any atom is 0.352 e. The molecular formula is C25H29BrClNO6. The summed E-state index contributed by atoms with van der Waals surface area (Å²) in [5.41, 5.74) is 1.84. The van der Waals surface area contributed by atoms with E-state index in [9.17, 15) is 14.7 Å². The second kappa shape index (κ2) is 13.2. The van der Waals surface area contributed by atoms with Gasteiger partial charge in [0.15, 0.2) is 18.1 Å². The Morgan fingerprint density at radius 3 is 2.38 bits per heavy atom. The summed E-state index contributed by atoms with van der Waals surface area (Å²) < 4.78 is 17.4. The lowest BCUT2D eigenvalue weighted by molar-refractivity contribution is -0.134. The molecule has 184 valence electrons. The molecule has 1 amide bonds. The smallest absolute Gasteiger partial charge is 0.352 e. The molecule has 2 N–H and O–H groups in total. The summed E-state index contributed by atoms with van der Waals surface area (Å²) in [4.78, 5) is 24.1. The van der Waals surface area contributed by atoms with E-state index in [0.717, 1.165) is 30.4 Å². The van der Waals surface area contributed by atoms with Crippen LogP contribution in [0.3, 0.4) is 0 Å². The third-order valence-electron chi connectivity index (χ3n) is 4.84. The predicted molar refractivity (Wildman–Crippen MR) is 136 cm³/mol. The van der Waals surface area contributed by atoms with Gasteiger partial charge in [-0.25, -0.2) is 4.79 Å². The van der Waals surface area contributed by atoms with Crippen LogP contribution in [0, 0.1) is 13.8 Å². The predicted octanol–water partition coefficient (Wildman–Crippen LogP) is 5.92. The minimum Gasteiger partial charge on any atom is -0.493 e. The summed E-state index contributed by atoms with van der Waals surface area (Å²) in [6, 6.07) is 6.77. The first kappa shape index (κ1) is 27.5. The van der Waals surface area contributed by atoms with Crippen LogP contribution in [-0.2, 0) is 9.59 Å². The topological polar surface area (TPSA) is 94.1 Å². The number of hydrogen-bond donors (Lipinski definition) is 2. The molecule has 0 radical (unpaired) electrons. The highest BCUT2D eigenvalue weighted by molar-refractivity contribution is 9.10. The fourth-order valence-corrected chi connectivity index (χ4v) is 3.82. The molecule has 0 heterocycles. The van der Waals surface area contributed by atoms with Gasteiger partial charge in [-0.05, 0) is 83.2 Å². The average molecular weight is 555 g/mol. The fraction of sp³-hybridized carbons (Fsp3) is 0.360. The van der Waals surface area contributed by atoms with E-state index in [1.54, 1.807) is 24.3 Å². The highest BCUT2D eigenvalue weighted by Crippen LogP contribution is 2.37. The van der Waals surface area contributed by atoms with E-state index < -0.39 is 11.9 Å². The molecule has 7 nitrogen and oxygen atoms in total. The number of aryl methyl sites for hydroxylation is 2. The average Bonchev–Trinajstić information content (AvgIpc) is 2.79. The van der Waals surface area contributed by atoms with Crippen molar-refractivity contribution in [1.29, 1.82) is 0 Å². The second-order valence-electron chi connectivity index (χ2n) is 7.66. The standard InChI is InChI=1S/C25H29BrClNO6/c1-5-6-7-8-33-24-19(26)11-17(13-21(24)32-4)12-20(25(30)31)28-22(29)14-34-18-9-15(2)23(27)16(3)10-18/h9-13H,5-8,14H2,1-4H3,(H,28,29)(H,30,31)/b20-12+. The second-order valence-corrected chi connectivity index (χ2v) is 8.89. The number of methoxy groups -OCH3 is 1. The number of amides is 1. The van der Waals surface area contributed by atoms with Crippen LogP contribution in [0.1, 0.15) is 42.9 Å². The largest absolute Gasteiger partial charge is 0.493 e. The number of benzene rings is 2. The quantitative estimate of drug-likeness (QED) is 0.250. The lowest BCUT2D eigenvalue weighted by Gasteiger charge is -2.14. The maximum atomic E-state index is 12.4. The van der Waals surface area contributed by atoms with Gasteiger partial charge in [0.2, 0.25) is 0 Å². The molecular weight excluding hydrogens is 526 g/mol. The molecule has 0 aliphatic carbocycles. The van der Waals surface area contributed by atoms with E-state index in [4.69, 9.17) is 25.8 Å². The number of carbonyl (C=O) groups is 2. The molecule has 0 fully saturated rings. The number of hydrogen-bond acceptors (Lipinski definition) is 5.